The summed E-state index contributed by atoms with van der Waals surface area (Å²) < 4.78 is 25.2. The minimum Gasteiger partial charge on any atom is -0.322 e. The molecule has 0 saturated carbocycles. The van der Waals surface area contributed by atoms with Gasteiger partial charge in [0.1, 0.15) is 5.01 Å². The summed E-state index contributed by atoms with van der Waals surface area (Å²) in [7, 11) is 0. The Hall–Kier alpha value is -2.25. The maximum atomic E-state index is 12.6. The van der Waals surface area contributed by atoms with Gasteiger partial charge in [0.25, 0.3) is 11.7 Å². The van der Waals surface area contributed by atoms with E-state index in [1.165, 1.54) is 23.5 Å². The second-order valence-electron chi connectivity index (χ2n) is 4.74. The summed E-state index contributed by atoms with van der Waals surface area (Å²) in [6.07, 6.45) is 1.73. The van der Waals surface area contributed by atoms with E-state index in [9.17, 15) is 13.6 Å². The maximum Gasteiger partial charge on any atom is 0.288 e. The van der Waals surface area contributed by atoms with Crippen LogP contribution in [0.4, 0.5) is 14.5 Å². The standard InChI is InChI=1S/C17H12F2N2OS2/c18-17(19)24-14-4-2-1-3-13(14)15(22)21-12-7-5-11(6-8-12)16-20-9-10-23-16/h1-10,17H,(H,21,22). The number of nitrogens with zero attached hydrogens (tertiary/aromatic N) is 1. The van der Waals surface area contributed by atoms with Crippen molar-refractivity contribution in [3.8, 4) is 10.6 Å². The molecule has 3 nitrogen and oxygen atoms in total. The zero-order valence-corrected chi connectivity index (χ0v) is 13.9. The third-order valence-electron chi connectivity index (χ3n) is 3.17. The molecule has 3 aromatic rings. The number of rotatable bonds is 5. The molecule has 7 heteroatoms. The lowest BCUT2D eigenvalue weighted by molar-refractivity contribution is 0.102. The van der Waals surface area contributed by atoms with Crippen LogP contribution in [0.3, 0.4) is 0 Å². The average Bonchev–Trinajstić information content (AvgIpc) is 3.10. The van der Waals surface area contributed by atoms with Gasteiger partial charge in [-0.05, 0) is 36.4 Å². The lowest BCUT2D eigenvalue weighted by Gasteiger charge is -2.10. The zero-order valence-electron chi connectivity index (χ0n) is 12.3. The Balaban J connectivity index is 1.75. The van der Waals surface area contributed by atoms with Gasteiger partial charge in [0.15, 0.2) is 0 Å². The lowest BCUT2D eigenvalue weighted by atomic mass is 10.2. The first-order chi connectivity index (χ1) is 11.6. The molecule has 0 atom stereocenters. The van der Waals surface area contributed by atoms with Crippen molar-refractivity contribution in [2.75, 3.05) is 5.32 Å². The number of carbonyl (C=O) groups is 1. The van der Waals surface area contributed by atoms with E-state index in [0.717, 1.165) is 10.6 Å². The fourth-order valence-corrected chi connectivity index (χ4v) is 3.39. The quantitative estimate of drug-likeness (QED) is 0.620. The van der Waals surface area contributed by atoms with E-state index in [2.05, 4.69) is 10.3 Å². The summed E-state index contributed by atoms with van der Waals surface area (Å²) in [4.78, 5) is 16.8. The van der Waals surface area contributed by atoms with Gasteiger partial charge in [-0.25, -0.2) is 4.98 Å². The molecular weight excluding hydrogens is 350 g/mol. The molecule has 1 heterocycles. The predicted molar refractivity (Wildman–Crippen MR) is 93.8 cm³/mol. The van der Waals surface area contributed by atoms with Crippen molar-refractivity contribution in [1.29, 1.82) is 0 Å². The Morgan fingerprint density at radius 3 is 2.54 bits per heavy atom. The van der Waals surface area contributed by atoms with Crippen LogP contribution in [0.2, 0.25) is 0 Å². The molecule has 3 rings (SSSR count). The Labute approximate surface area is 145 Å². The van der Waals surface area contributed by atoms with E-state index in [-0.39, 0.29) is 10.5 Å². The summed E-state index contributed by atoms with van der Waals surface area (Å²) in [5.41, 5.74) is 1.78. The molecule has 1 N–H and O–H groups in total. The monoisotopic (exact) mass is 362 g/mol. The number of thioether (sulfide) groups is 1. The second kappa shape index (κ2) is 7.55. The molecule has 0 aliphatic rings. The molecule has 0 radical (unpaired) electrons. The topological polar surface area (TPSA) is 42.0 Å². The number of benzene rings is 2. The first-order valence-corrected chi connectivity index (χ1v) is 8.74. The molecule has 2 aromatic carbocycles. The van der Waals surface area contributed by atoms with Crippen LogP contribution in [-0.2, 0) is 0 Å². The number of aromatic nitrogens is 1. The fourth-order valence-electron chi connectivity index (χ4n) is 2.11. The molecule has 0 unspecified atom stereocenters. The van der Waals surface area contributed by atoms with E-state index in [4.69, 9.17) is 0 Å². The van der Waals surface area contributed by atoms with Crippen molar-refractivity contribution in [2.24, 2.45) is 0 Å². The molecule has 122 valence electrons. The van der Waals surface area contributed by atoms with Crippen LogP contribution in [0.1, 0.15) is 10.4 Å². The van der Waals surface area contributed by atoms with E-state index in [0.29, 0.717) is 17.4 Å². The van der Waals surface area contributed by atoms with Crippen molar-refractivity contribution in [3.05, 3.63) is 65.7 Å². The van der Waals surface area contributed by atoms with Crippen LogP contribution in [-0.4, -0.2) is 16.6 Å². The fraction of sp³-hybridized carbons (Fsp3) is 0.0588. The van der Waals surface area contributed by atoms with Gasteiger partial charge in [0.2, 0.25) is 0 Å². The van der Waals surface area contributed by atoms with Crippen LogP contribution in [0.5, 0.6) is 0 Å². The van der Waals surface area contributed by atoms with E-state index in [1.807, 2.05) is 17.5 Å². The molecular formula is C17H12F2N2OS2. The normalized spacial score (nSPS) is 10.8. The average molecular weight is 362 g/mol. The maximum absolute atomic E-state index is 12.6. The molecule has 0 aliphatic heterocycles. The Bertz CT molecular complexity index is 821. The highest BCUT2D eigenvalue weighted by atomic mass is 32.2. The largest absolute Gasteiger partial charge is 0.322 e. The predicted octanol–water partition coefficient (Wildman–Crippen LogP) is 5.38. The van der Waals surface area contributed by atoms with E-state index >= 15 is 0 Å². The number of carbonyl (C=O) groups excluding carboxylic acids is 1. The van der Waals surface area contributed by atoms with Crippen molar-refractivity contribution in [2.45, 2.75) is 10.7 Å². The highest BCUT2D eigenvalue weighted by Crippen LogP contribution is 2.29. The molecule has 1 aromatic heterocycles. The first-order valence-electron chi connectivity index (χ1n) is 6.98. The van der Waals surface area contributed by atoms with Crippen molar-refractivity contribution in [3.63, 3.8) is 0 Å². The molecule has 24 heavy (non-hydrogen) atoms. The number of alkyl halides is 2. The number of nitrogens with one attached hydrogen (secondary N) is 1. The third-order valence-corrected chi connectivity index (χ3v) is 4.78. The van der Waals surface area contributed by atoms with Gasteiger partial charge >= 0.3 is 0 Å². The summed E-state index contributed by atoms with van der Waals surface area (Å²) in [6.45, 7) is 0. The van der Waals surface area contributed by atoms with Crippen LogP contribution < -0.4 is 5.32 Å². The Morgan fingerprint density at radius 1 is 1.12 bits per heavy atom. The van der Waals surface area contributed by atoms with Crippen LogP contribution >= 0.6 is 23.1 Å². The minimum absolute atomic E-state index is 0.229. The Morgan fingerprint density at radius 2 is 1.88 bits per heavy atom. The van der Waals surface area contributed by atoms with Gasteiger partial charge < -0.3 is 5.32 Å². The van der Waals surface area contributed by atoms with Gasteiger partial charge in [0.05, 0.1) is 5.56 Å². The summed E-state index contributed by atoms with van der Waals surface area (Å²) in [6, 6.07) is 13.6. The van der Waals surface area contributed by atoms with Gasteiger partial charge in [-0.2, -0.15) is 8.78 Å². The SMILES string of the molecule is O=C(Nc1ccc(-c2nccs2)cc1)c1ccccc1SC(F)F. The summed E-state index contributed by atoms with van der Waals surface area (Å²) >= 11 is 1.89. The molecule has 0 fully saturated rings. The third kappa shape index (κ3) is 3.98. The Kier molecular flexibility index (Phi) is 5.22. The van der Waals surface area contributed by atoms with E-state index in [1.54, 1.807) is 30.5 Å². The van der Waals surface area contributed by atoms with Crippen LogP contribution in [0.25, 0.3) is 10.6 Å². The number of hydrogen-bond donors (Lipinski definition) is 1. The molecule has 0 saturated heterocycles. The van der Waals surface area contributed by atoms with Crippen LogP contribution in [0.15, 0.2) is 65.0 Å². The highest BCUT2D eigenvalue weighted by molar-refractivity contribution is 7.99. The molecule has 0 spiro atoms. The zero-order chi connectivity index (χ0) is 16.9. The van der Waals surface area contributed by atoms with Crippen molar-refractivity contribution >= 4 is 34.7 Å². The van der Waals surface area contributed by atoms with Crippen LogP contribution in [0, 0.1) is 0 Å². The van der Waals surface area contributed by atoms with Gasteiger partial charge in [-0.3, -0.25) is 4.79 Å². The second-order valence-corrected chi connectivity index (χ2v) is 6.67. The van der Waals surface area contributed by atoms with E-state index < -0.39 is 11.7 Å². The highest BCUT2D eigenvalue weighted by Gasteiger charge is 2.15. The smallest absolute Gasteiger partial charge is 0.288 e. The number of hydrogen-bond acceptors (Lipinski definition) is 4. The number of anilines is 1. The first kappa shape index (κ1) is 16.6. The number of halogens is 2. The number of thiazole rings is 1. The molecule has 0 bridgehead atoms. The van der Waals surface area contributed by atoms with Gasteiger partial charge in [-0.15, -0.1) is 11.3 Å². The molecule has 1 amide bonds. The van der Waals surface area contributed by atoms with Crippen molar-refractivity contribution in [1.82, 2.24) is 4.98 Å². The lowest BCUT2D eigenvalue weighted by Crippen LogP contribution is -2.13. The van der Waals surface area contributed by atoms with Gasteiger partial charge in [0, 0.05) is 27.7 Å². The molecule has 0 aliphatic carbocycles. The number of amides is 1. The summed E-state index contributed by atoms with van der Waals surface area (Å²) in [5, 5.41) is 5.52. The minimum atomic E-state index is -2.57. The van der Waals surface area contributed by atoms with Gasteiger partial charge in [-0.1, -0.05) is 23.9 Å². The summed E-state index contributed by atoms with van der Waals surface area (Å²) in [5.74, 6) is -2.99. The van der Waals surface area contributed by atoms with Crippen molar-refractivity contribution < 1.29 is 13.6 Å².